The lowest BCUT2D eigenvalue weighted by Gasteiger charge is -2.26. The molecule has 0 aromatic heterocycles. The van der Waals surface area contributed by atoms with Crippen LogP contribution in [0.1, 0.15) is 5.56 Å². The number of ketones is 1. The van der Waals surface area contributed by atoms with E-state index in [2.05, 4.69) is 0 Å². The molecule has 0 amide bonds. The molecule has 0 saturated carbocycles. The van der Waals surface area contributed by atoms with E-state index in [4.69, 9.17) is 0 Å². The zero-order valence-corrected chi connectivity index (χ0v) is 13.5. The van der Waals surface area contributed by atoms with Gasteiger partial charge in [-0.2, -0.15) is 13.2 Å². The number of hydrogen-bond acceptors (Lipinski definition) is 1. The third kappa shape index (κ3) is 3.49. The Hall–Kier alpha value is -2.19. The van der Waals surface area contributed by atoms with E-state index < -0.39 is 19.7 Å². The maximum atomic E-state index is 12.8. The van der Waals surface area contributed by atoms with E-state index in [0.29, 0.717) is 0 Å². The summed E-state index contributed by atoms with van der Waals surface area (Å²) in [5, 5.41) is 1.72. The number of hydrogen-bond donors (Lipinski definition) is 0. The van der Waals surface area contributed by atoms with Gasteiger partial charge in [-0.05, 0) is 36.7 Å². The van der Waals surface area contributed by atoms with Crippen LogP contribution in [0.25, 0.3) is 0 Å². The van der Waals surface area contributed by atoms with E-state index in [1.807, 2.05) is 42.5 Å². The third-order valence-electron chi connectivity index (χ3n) is 3.74. The fourth-order valence-electron chi connectivity index (χ4n) is 2.60. The highest BCUT2D eigenvalue weighted by molar-refractivity contribution is 7.74. The SMILES string of the molecule is O=C1C=CC=CC1P(c1ccccc1)c1ccc(C(F)(F)F)cc1. The molecule has 24 heavy (non-hydrogen) atoms. The Kier molecular flexibility index (Phi) is 4.68. The Morgan fingerprint density at radius 1 is 0.833 bits per heavy atom. The molecule has 2 atom stereocenters. The Morgan fingerprint density at radius 2 is 1.46 bits per heavy atom. The predicted octanol–water partition coefficient (Wildman–Crippen LogP) is 4.20. The van der Waals surface area contributed by atoms with Crippen LogP contribution in [-0.4, -0.2) is 11.4 Å². The summed E-state index contributed by atoms with van der Waals surface area (Å²) in [7, 11) is -1.11. The number of rotatable bonds is 3. The smallest absolute Gasteiger partial charge is 0.294 e. The van der Waals surface area contributed by atoms with E-state index in [1.54, 1.807) is 6.08 Å². The van der Waals surface area contributed by atoms with Crippen molar-refractivity contribution in [3.63, 3.8) is 0 Å². The number of benzene rings is 2. The summed E-state index contributed by atoms with van der Waals surface area (Å²) < 4.78 is 38.4. The van der Waals surface area contributed by atoms with Crippen LogP contribution >= 0.6 is 7.92 Å². The number of allylic oxidation sites excluding steroid dienone is 4. The average molecular weight is 346 g/mol. The molecule has 2 aromatic carbocycles. The summed E-state index contributed by atoms with van der Waals surface area (Å²) in [6.45, 7) is 0. The first-order valence-electron chi connectivity index (χ1n) is 7.37. The number of halogens is 3. The van der Waals surface area contributed by atoms with Crippen molar-refractivity contribution in [1.82, 2.24) is 0 Å². The fourth-order valence-corrected chi connectivity index (χ4v) is 5.11. The van der Waals surface area contributed by atoms with Gasteiger partial charge in [0.05, 0.1) is 11.2 Å². The van der Waals surface area contributed by atoms with E-state index >= 15 is 0 Å². The topological polar surface area (TPSA) is 17.1 Å². The summed E-state index contributed by atoms with van der Waals surface area (Å²) in [5.41, 5.74) is -1.04. The summed E-state index contributed by atoms with van der Waals surface area (Å²) in [6.07, 6.45) is 2.49. The molecule has 0 bridgehead atoms. The van der Waals surface area contributed by atoms with Crippen LogP contribution < -0.4 is 10.6 Å². The molecule has 0 aliphatic heterocycles. The van der Waals surface area contributed by atoms with Crippen LogP contribution in [0.5, 0.6) is 0 Å². The van der Waals surface area contributed by atoms with E-state index in [9.17, 15) is 18.0 Å². The van der Waals surface area contributed by atoms with Crippen molar-refractivity contribution in [1.29, 1.82) is 0 Å². The average Bonchev–Trinajstić information content (AvgIpc) is 2.58. The lowest BCUT2D eigenvalue weighted by molar-refractivity contribution is -0.137. The minimum Gasteiger partial charge on any atom is -0.294 e. The van der Waals surface area contributed by atoms with Crippen LogP contribution in [0.4, 0.5) is 13.2 Å². The molecule has 122 valence electrons. The van der Waals surface area contributed by atoms with Crippen molar-refractivity contribution in [2.75, 3.05) is 0 Å². The monoisotopic (exact) mass is 346 g/mol. The van der Waals surface area contributed by atoms with Crippen LogP contribution in [-0.2, 0) is 11.0 Å². The summed E-state index contributed by atoms with van der Waals surface area (Å²) in [6, 6.07) is 14.6. The molecule has 0 N–H and O–H groups in total. The first-order valence-corrected chi connectivity index (χ1v) is 8.78. The van der Waals surface area contributed by atoms with Gasteiger partial charge in [0.25, 0.3) is 0 Å². The van der Waals surface area contributed by atoms with E-state index in [1.165, 1.54) is 18.2 Å². The van der Waals surface area contributed by atoms with Crippen molar-refractivity contribution < 1.29 is 18.0 Å². The molecular formula is C19H14F3OP. The largest absolute Gasteiger partial charge is 0.416 e. The van der Waals surface area contributed by atoms with Crippen molar-refractivity contribution in [3.05, 3.63) is 84.5 Å². The number of carbonyl (C=O) groups is 1. The maximum Gasteiger partial charge on any atom is 0.416 e. The van der Waals surface area contributed by atoms with Gasteiger partial charge in [0.1, 0.15) is 0 Å². The highest BCUT2D eigenvalue weighted by Crippen LogP contribution is 2.42. The normalized spacial score (nSPS) is 18.6. The molecular weight excluding hydrogens is 332 g/mol. The second kappa shape index (κ2) is 6.74. The van der Waals surface area contributed by atoms with Gasteiger partial charge < -0.3 is 0 Å². The van der Waals surface area contributed by atoms with Crippen LogP contribution in [0, 0.1) is 0 Å². The molecule has 0 heterocycles. The quantitative estimate of drug-likeness (QED) is 0.761. The molecule has 3 rings (SSSR count). The number of alkyl halides is 3. The van der Waals surface area contributed by atoms with Crippen molar-refractivity contribution >= 4 is 24.3 Å². The van der Waals surface area contributed by atoms with E-state index in [-0.39, 0.29) is 11.4 Å². The van der Waals surface area contributed by atoms with Gasteiger partial charge in [-0.1, -0.05) is 60.7 Å². The molecule has 1 nitrogen and oxygen atoms in total. The second-order valence-corrected chi connectivity index (χ2v) is 7.67. The summed E-state index contributed by atoms with van der Waals surface area (Å²) in [5.74, 6) is -0.0210. The highest BCUT2D eigenvalue weighted by Gasteiger charge is 2.32. The molecule has 0 saturated heterocycles. The van der Waals surface area contributed by atoms with Gasteiger partial charge in [0.2, 0.25) is 0 Å². The molecule has 0 fully saturated rings. The lowest BCUT2D eigenvalue weighted by Crippen LogP contribution is -2.27. The van der Waals surface area contributed by atoms with Crippen molar-refractivity contribution in [2.24, 2.45) is 0 Å². The minimum absolute atomic E-state index is 0.0210. The first-order chi connectivity index (χ1) is 11.5. The van der Waals surface area contributed by atoms with Gasteiger partial charge >= 0.3 is 6.18 Å². The minimum atomic E-state index is -4.36. The molecule has 1 aliphatic carbocycles. The standard InChI is InChI=1S/C19H14F3OP/c20-19(21,22)14-10-12-16(13-11-14)24(15-6-2-1-3-7-15)18-9-5-4-8-17(18)23/h1-13,18H. The van der Waals surface area contributed by atoms with Gasteiger partial charge in [-0.15, -0.1) is 0 Å². The fraction of sp³-hybridized carbons (Fsp3) is 0.105. The number of carbonyl (C=O) groups excluding carboxylic acids is 1. The Labute approximate surface area is 139 Å². The van der Waals surface area contributed by atoms with Gasteiger partial charge in [0, 0.05) is 0 Å². The lowest BCUT2D eigenvalue weighted by atomic mass is 10.2. The molecule has 1 aliphatic rings. The predicted molar refractivity (Wildman–Crippen MR) is 91.1 cm³/mol. The van der Waals surface area contributed by atoms with Crippen LogP contribution in [0.3, 0.4) is 0 Å². The zero-order chi connectivity index (χ0) is 17.2. The van der Waals surface area contributed by atoms with Crippen molar-refractivity contribution in [2.45, 2.75) is 11.8 Å². The van der Waals surface area contributed by atoms with Crippen LogP contribution in [0.2, 0.25) is 0 Å². The van der Waals surface area contributed by atoms with E-state index in [0.717, 1.165) is 22.7 Å². The molecule has 2 unspecified atom stereocenters. The third-order valence-corrected chi connectivity index (χ3v) is 6.43. The summed E-state index contributed by atoms with van der Waals surface area (Å²) >= 11 is 0. The molecule has 2 aromatic rings. The first kappa shape index (κ1) is 16.7. The Morgan fingerprint density at radius 3 is 2.04 bits per heavy atom. The van der Waals surface area contributed by atoms with Crippen LogP contribution in [0.15, 0.2) is 78.9 Å². The summed E-state index contributed by atoms with van der Waals surface area (Å²) in [4.78, 5) is 12.3. The molecule has 5 heteroatoms. The maximum absolute atomic E-state index is 12.8. The molecule has 0 radical (unpaired) electrons. The zero-order valence-electron chi connectivity index (χ0n) is 12.6. The Bertz CT molecular complexity index is 777. The molecule has 0 spiro atoms. The second-order valence-electron chi connectivity index (χ2n) is 5.34. The van der Waals surface area contributed by atoms with Gasteiger partial charge in [-0.3, -0.25) is 4.79 Å². The van der Waals surface area contributed by atoms with Gasteiger partial charge in [-0.25, -0.2) is 0 Å². The Balaban J connectivity index is 2.04. The highest BCUT2D eigenvalue weighted by atomic mass is 31.1. The van der Waals surface area contributed by atoms with Crippen molar-refractivity contribution in [3.8, 4) is 0 Å². The van der Waals surface area contributed by atoms with Gasteiger partial charge in [0.15, 0.2) is 5.78 Å².